The zero-order chi connectivity index (χ0) is 23.7. The lowest BCUT2D eigenvalue weighted by atomic mass is 9.92. The van der Waals surface area contributed by atoms with E-state index in [1.54, 1.807) is 11.8 Å². The second-order valence-electron chi connectivity index (χ2n) is 10.5. The van der Waals surface area contributed by atoms with Crippen LogP contribution in [0.4, 0.5) is 0 Å². The maximum Gasteiger partial charge on any atom is 0.307 e. The predicted molar refractivity (Wildman–Crippen MR) is 137 cm³/mol. The van der Waals surface area contributed by atoms with Crippen molar-refractivity contribution >= 4 is 23.6 Å². The van der Waals surface area contributed by atoms with Crippen LogP contribution in [0.1, 0.15) is 72.1 Å². The third-order valence-electron chi connectivity index (χ3n) is 6.58. The minimum absolute atomic E-state index is 0.117. The lowest BCUT2D eigenvalue weighted by Crippen LogP contribution is -2.49. The van der Waals surface area contributed by atoms with Crippen molar-refractivity contribution in [3.63, 3.8) is 0 Å². The molecule has 3 aliphatic heterocycles. The van der Waals surface area contributed by atoms with Crippen molar-refractivity contribution in [2.24, 2.45) is 5.92 Å². The Balaban J connectivity index is 1.64. The number of hydrogen-bond donors (Lipinski definition) is 0. The van der Waals surface area contributed by atoms with Crippen molar-refractivity contribution in [3.05, 3.63) is 35.3 Å². The topological polar surface area (TPSA) is 49.9 Å². The molecule has 0 unspecified atom stereocenters. The van der Waals surface area contributed by atoms with Crippen LogP contribution in [-0.2, 0) is 14.3 Å². The molecule has 1 atom stereocenters. The molecule has 1 amide bonds. The van der Waals surface area contributed by atoms with Crippen LogP contribution in [0, 0.1) is 5.92 Å². The number of esters is 1. The maximum atomic E-state index is 13.6. The molecular formula is C27H42N2O3S. The van der Waals surface area contributed by atoms with Crippen LogP contribution in [0.25, 0.3) is 0 Å². The van der Waals surface area contributed by atoms with Gasteiger partial charge in [0.15, 0.2) is 0 Å². The number of thioether (sulfide) groups is 1. The predicted octanol–water partition coefficient (Wildman–Crippen LogP) is 5.33. The Kier molecular flexibility index (Phi) is 10.1. The van der Waals surface area contributed by atoms with Crippen LogP contribution in [0.15, 0.2) is 35.3 Å². The molecular weight excluding hydrogens is 432 g/mol. The van der Waals surface area contributed by atoms with Gasteiger partial charge < -0.3 is 14.5 Å². The molecule has 0 bridgehead atoms. The summed E-state index contributed by atoms with van der Waals surface area (Å²) >= 11 is 1.75. The number of hydrogen-bond acceptors (Lipinski definition) is 5. The molecule has 0 radical (unpaired) electrons. The molecule has 2 saturated heterocycles. The van der Waals surface area contributed by atoms with Crippen LogP contribution in [-0.4, -0.2) is 65.3 Å². The van der Waals surface area contributed by atoms with Gasteiger partial charge in [-0.25, -0.2) is 0 Å². The second kappa shape index (κ2) is 12.8. The minimum atomic E-state index is -0.543. The van der Waals surface area contributed by atoms with E-state index in [-0.39, 0.29) is 24.2 Å². The number of likely N-dealkylation sites (tertiary alicyclic amines) is 2. The zero-order valence-corrected chi connectivity index (χ0v) is 21.6. The number of carbonyl (C=O) groups is 2. The normalized spacial score (nSPS) is 25.7. The lowest BCUT2D eigenvalue weighted by Gasteiger charge is -2.41. The summed E-state index contributed by atoms with van der Waals surface area (Å²) in [7, 11) is 0. The second-order valence-corrected chi connectivity index (χ2v) is 11.4. The van der Waals surface area contributed by atoms with E-state index >= 15 is 0 Å². The van der Waals surface area contributed by atoms with Crippen molar-refractivity contribution < 1.29 is 14.3 Å². The van der Waals surface area contributed by atoms with Crippen molar-refractivity contribution in [1.29, 1.82) is 0 Å². The van der Waals surface area contributed by atoms with E-state index in [2.05, 4.69) is 34.6 Å². The summed E-state index contributed by atoms with van der Waals surface area (Å²) in [6.45, 7) is 9.63. The average Bonchev–Trinajstić information content (AvgIpc) is 2.92. The van der Waals surface area contributed by atoms with Crippen LogP contribution < -0.4 is 0 Å². The van der Waals surface area contributed by atoms with Gasteiger partial charge in [-0.05, 0) is 77.8 Å². The Hall–Kier alpha value is -1.53. The largest absolute Gasteiger partial charge is 0.460 e. The highest BCUT2D eigenvalue weighted by Crippen LogP contribution is 2.28. The molecule has 0 aromatic carbocycles. The fourth-order valence-electron chi connectivity index (χ4n) is 4.97. The van der Waals surface area contributed by atoms with Gasteiger partial charge in [0.25, 0.3) is 0 Å². The highest BCUT2D eigenvalue weighted by atomic mass is 32.2. The molecule has 5 nitrogen and oxygen atoms in total. The molecule has 0 saturated carbocycles. The van der Waals surface area contributed by atoms with Gasteiger partial charge in [-0.15, -0.1) is 11.8 Å². The standard InChI is InChI=1S/C27H42N2O3S/c1-27(2,3)32-25(30)20-23(19-22-11-7-4-5-10-18-33-21-22)26(31)29-16-12-24(13-17-29)28-14-8-6-9-15-28/h4-5,7,10,21,23-24H,6,8-9,11-20H2,1-3H3/b7-4-,10-5-,22-21+/t23-/m0/s1. The number of rotatable bonds is 6. The van der Waals surface area contributed by atoms with Crippen molar-refractivity contribution in [1.82, 2.24) is 9.80 Å². The summed E-state index contributed by atoms with van der Waals surface area (Å²) in [6, 6.07) is 0.602. The Labute approximate surface area is 204 Å². The summed E-state index contributed by atoms with van der Waals surface area (Å²) in [5, 5.41) is 2.18. The van der Waals surface area contributed by atoms with Crippen LogP contribution in [0.5, 0.6) is 0 Å². The van der Waals surface area contributed by atoms with Gasteiger partial charge in [0.2, 0.25) is 5.91 Å². The van der Waals surface area contributed by atoms with Gasteiger partial charge in [0.05, 0.1) is 12.3 Å². The molecule has 0 aromatic rings. The molecule has 0 N–H and O–H groups in total. The fraction of sp³-hybridized carbons (Fsp3) is 0.704. The van der Waals surface area contributed by atoms with Crippen molar-refractivity contribution in [2.45, 2.75) is 83.8 Å². The van der Waals surface area contributed by atoms with Gasteiger partial charge in [0.1, 0.15) is 5.60 Å². The molecule has 3 heterocycles. The molecule has 0 aromatic heterocycles. The van der Waals surface area contributed by atoms with E-state index in [0.717, 1.165) is 38.1 Å². The van der Waals surface area contributed by atoms with Gasteiger partial charge in [-0.2, -0.15) is 0 Å². The summed E-state index contributed by atoms with van der Waals surface area (Å²) in [6.07, 6.45) is 16.0. The Bertz CT molecular complexity index is 739. The van der Waals surface area contributed by atoms with E-state index in [4.69, 9.17) is 4.74 Å². The monoisotopic (exact) mass is 474 g/mol. The smallest absolute Gasteiger partial charge is 0.307 e. The van der Waals surface area contributed by atoms with E-state index in [9.17, 15) is 9.59 Å². The molecule has 3 rings (SSSR count). The molecule has 184 valence electrons. The number of ether oxygens (including phenoxy) is 1. The average molecular weight is 475 g/mol. The Morgan fingerprint density at radius 2 is 1.76 bits per heavy atom. The number of allylic oxidation sites excluding steroid dienone is 4. The molecule has 6 heteroatoms. The summed E-state index contributed by atoms with van der Waals surface area (Å²) < 4.78 is 5.59. The van der Waals surface area contributed by atoms with Crippen LogP contribution in [0.3, 0.4) is 0 Å². The first-order valence-corrected chi connectivity index (χ1v) is 13.7. The quantitative estimate of drug-likeness (QED) is 0.487. The maximum absolute atomic E-state index is 13.6. The zero-order valence-electron chi connectivity index (χ0n) is 20.8. The number of carbonyl (C=O) groups excluding carboxylic acids is 2. The Morgan fingerprint density at radius 1 is 1.06 bits per heavy atom. The third kappa shape index (κ3) is 8.97. The van der Waals surface area contributed by atoms with Gasteiger partial charge >= 0.3 is 5.97 Å². The Morgan fingerprint density at radius 3 is 2.45 bits per heavy atom. The van der Waals surface area contributed by atoms with E-state index in [0.29, 0.717) is 12.5 Å². The van der Waals surface area contributed by atoms with Gasteiger partial charge in [-0.1, -0.05) is 36.3 Å². The first kappa shape index (κ1) is 26.1. The highest BCUT2D eigenvalue weighted by molar-refractivity contribution is 8.02. The van der Waals surface area contributed by atoms with E-state index in [1.807, 2.05) is 25.7 Å². The molecule has 0 spiro atoms. The first-order valence-electron chi connectivity index (χ1n) is 12.7. The van der Waals surface area contributed by atoms with Crippen molar-refractivity contribution in [2.75, 3.05) is 31.9 Å². The minimum Gasteiger partial charge on any atom is -0.460 e. The van der Waals surface area contributed by atoms with Gasteiger partial charge in [-0.3, -0.25) is 9.59 Å². The van der Waals surface area contributed by atoms with Crippen LogP contribution >= 0.6 is 11.8 Å². The third-order valence-corrected chi connectivity index (χ3v) is 7.46. The van der Waals surface area contributed by atoms with Gasteiger partial charge in [0, 0.05) is 24.9 Å². The highest BCUT2D eigenvalue weighted by Gasteiger charge is 2.33. The van der Waals surface area contributed by atoms with E-state index < -0.39 is 5.60 Å². The van der Waals surface area contributed by atoms with Crippen LogP contribution in [0.2, 0.25) is 0 Å². The SMILES string of the molecule is CC(C)(C)OC(=O)C[C@H](C/C1=C/SC/C=C\C=C/C1)C(=O)N1CCC(N2CCCCC2)CC1. The van der Waals surface area contributed by atoms with E-state index in [1.165, 1.54) is 37.9 Å². The number of amides is 1. The molecule has 3 aliphatic rings. The molecule has 2 fully saturated rings. The summed E-state index contributed by atoms with van der Waals surface area (Å²) in [4.78, 5) is 30.9. The molecule has 33 heavy (non-hydrogen) atoms. The summed E-state index contributed by atoms with van der Waals surface area (Å²) in [5.74, 6) is 0.395. The first-order chi connectivity index (χ1) is 15.8. The fourth-order valence-corrected chi connectivity index (χ4v) is 5.72. The lowest BCUT2D eigenvalue weighted by molar-refractivity contribution is -0.158. The summed E-state index contributed by atoms with van der Waals surface area (Å²) in [5.41, 5.74) is 0.671. The number of nitrogens with zero attached hydrogens (tertiary/aromatic N) is 2. The van der Waals surface area contributed by atoms with Crippen molar-refractivity contribution in [3.8, 4) is 0 Å². The molecule has 0 aliphatic carbocycles. The number of piperidine rings is 2.